The maximum Gasteiger partial charge on any atom is 0.343 e. The van der Waals surface area contributed by atoms with Crippen LogP contribution in [0.1, 0.15) is 44.9 Å². The third kappa shape index (κ3) is 6.93. The fraction of sp³-hybridized carbons (Fsp3) is 0.355. The first-order valence-corrected chi connectivity index (χ1v) is 15.7. The number of benzene rings is 2. The lowest BCUT2D eigenvalue weighted by atomic mass is 9.95. The van der Waals surface area contributed by atoms with Crippen LogP contribution in [0.3, 0.4) is 0 Å². The normalized spacial score (nSPS) is 14.4. The Kier molecular flexibility index (Phi) is 11.1. The Hall–Kier alpha value is -3.85. The molecule has 0 N–H and O–H groups in total. The number of ether oxygens (including phenoxy) is 6. The third-order valence-corrected chi connectivity index (χ3v) is 8.29. The van der Waals surface area contributed by atoms with Crippen molar-refractivity contribution in [2.45, 2.75) is 33.7 Å². The molecule has 1 aliphatic heterocycles. The first kappa shape index (κ1) is 33.1. The van der Waals surface area contributed by atoms with Gasteiger partial charge in [-0.15, -0.1) is 0 Å². The molecule has 0 spiro atoms. The Morgan fingerprint density at radius 2 is 1.73 bits per heavy atom. The number of nitrogens with zero attached hydrogens (tertiary/aromatic N) is 2. The topological polar surface area (TPSA) is 124 Å². The summed E-state index contributed by atoms with van der Waals surface area (Å²) in [6.07, 6.45) is 1.77. The van der Waals surface area contributed by atoms with Gasteiger partial charge >= 0.3 is 11.9 Å². The largest absolute Gasteiger partial charge is 0.492 e. The predicted molar refractivity (Wildman–Crippen MR) is 172 cm³/mol. The van der Waals surface area contributed by atoms with Crippen LogP contribution in [0.5, 0.6) is 23.0 Å². The molecule has 0 bridgehead atoms. The van der Waals surface area contributed by atoms with E-state index in [0.717, 1.165) is 9.13 Å². The Bertz CT molecular complexity index is 1780. The number of halogens is 1. The van der Waals surface area contributed by atoms with Crippen molar-refractivity contribution in [1.29, 1.82) is 0 Å². The van der Waals surface area contributed by atoms with Crippen LogP contribution in [0.4, 0.5) is 0 Å². The van der Waals surface area contributed by atoms with E-state index in [4.69, 9.17) is 23.7 Å². The number of thiazole rings is 1. The quantitative estimate of drug-likeness (QED) is 0.202. The lowest BCUT2D eigenvalue weighted by molar-refractivity contribution is -0.143. The van der Waals surface area contributed by atoms with E-state index < -0.39 is 18.0 Å². The summed E-state index contributed by atoms with van der Waals surface area (Å²) in [6, 6.07) is 7.89. The fourth-order valence-corrected chi connectivity index (χ4v) is 6.56. The van der Waals surface area contributed by atoms with Gasteiger partial charge in [-0.1, -0.05) is 17.4 Å². The van der Waals surface area contributed by atoms with Gasteiger partial charge in [0, 0.05) is 0 Å². The first-order chi connectivity index (χ1) is 21.2. The second-order valence-corrected chi connectivity index (χ2v) is 11.4. The highest BCUT2D eigenvalue weighted by Crippen LogP contribution is 2.37. The molecule has 0 radical (unpaired) electrons. The van der Waals surface area contributed by atoms with Crippen molar-refractivity contribution in [2.75, 3.05) is 40.6 Å². The molecule has 2 heterocycles. The van der Waals surface area contributed by atoms with Crippen LogP contribution in [-0.4, -0.2) is 57.2 Å². The molecule has 1 aliphatic rings. The van der Waals surface area contributed by atoms with Crippen LogP contribution >= 0.6 is 33.9 Å². The van der Waals surface area contributed by atoms with Crippen LogP contribution in [0.15, 0.2) is 51.4 Å². The molecule has 0 amide bonds. The lowest BCUT2D eigenvalue weighted by Crippen LogP contribution is -2.40. The Labute approximate surface area is 271 Å². The van der Waals surface area contributed by atoms with Gasteiger partial charge in [0.2, 0.25) is 0 Å². The number of carbonyl (C=O) groups excluding carboxylic acids is 2. The van der Waals surface area contributed by atoms with Gasteiger partial charge in [0.25, 0.3) is 5.56 Å². The molecule has 0 unspecified atom stereocenters. The monoisotopic (exact) mass is 736 g/mol. The SMILES string of the molecule is CCOC(=O)C1=C(C)N=c2s/c(=C/c3cc(I)c(OC)c(OCC)c3)c(=O)n2[C@H]1c1ccc(OCC(=O)OC)c(OCC)c1. The summed E-state index contributed by atoms with van der Waals surface area (Å²) in [6.45, 7) is 7.72. The summed E-state index contributed by atoms with van der Waals surface area (Å²) < 4.78 is 35.5. The number of hydrogen-bond acceptors (Lipinski definition) is 11. The van der Waals surface area contributed by atoms with Gasteiger partial charge in [0.05, 0.1) is 59.5 Å². The molecule has 1 aromatic heterocycles. The predicted octanol–water partition coefficient (Wildman–Crippen LogP) is 3.76. The highest BCUT2D eigenvalue weighted by molar-refractivity contribution is 14.1. The van der Waals surface area contributed by atoms with Crippen molar-refractivity contribution in [3.8, 4) is 23.0 Å². The number of aromatic nitrogens is 1. The number of hydrogen-bond donors (Lipinski definition) is 0. The summed E-state index contributed by atoms with van der Waals surface area (Å²) in [5.41, 5.74) is 1.65. The van der Waals surface area contributed by atoms with Crippen molar-refractivity contribution < 1.29 is 38.0 Å². The Morgan fingerprint density at radius 1 is 1.00 bits per heavy atom. The standard InChI is InChI=1S/C31H33IN2O9S/c1-7-40-22-15-19(10-11-21(22)43-16-25(35)38-5)27-26(30(37)42-9-3)17(4)33-31-34(27)29(36)24(44-31)14-18-12-20(32)28(39-6)23(13-18)41-8-2/h10-15,27H,7-9,16H2,1-6H3/b24-14+/t27-/m0/s1. The second kappa shape index (κ2) is 14.8. The number of fused-ring (bicyclic) bond motifs is 1. The van der Waals surface area contributed by atoms with Crippen LogP contribution < -0.4 is 33.8 Å². The van der Waals surface area contributed by atoms with Crippen LogP contribution in [0, 0.1) is 3.57 Å². The molecule has 1 atom stereocenters. The maximum absolute atomic E-state index is 14.1. The smallest absolute Gasteiger partial charge is 0.343 e. The van der Waals surface area contributed by atoms with Gasteiger partial charge in [0.15, 0.2) is 34.4 Å². The molecule has 44 heavy (non-hydrogen) atoms. The zero-order chi connectivity index (χ0) is 32.0. The van der Waals surface area contributed by atoms with E-state index in [9.17, 15) is 14.4 Å². The van der Waals surface area contributed by atoms with Crippen LogP contribution in [0.25, 0.3) is 6.08 Å². The maximum atomic E-state index is 14.1. The van der Waals surface area contributed by atoms with E-state index in [2.05, 4.69) is 32.3 Å². The van der Waals surface area contributed by atoms with E-state index in [1.165, 1.54) is 23.0 Å². The number of carbonyl (C=O) groups is 2. The molecule has 11 nitrogen and oxygen atoms in total. The summed E-state index contributed by atoms with van der Waals surface area (Å²) in [5.74, 6) is 0.702. The lowest BCUT2D eigenvalue weighted by Gasteiger charge is -2.25. The van der Waals surface area contributed by atoms with Gasteiger partial charge < -0.3 is 28.4 Å². The fourth-order valence-electron chi connectivity index (χ4n) is 4.67. The van der Waals surface area contributed by atoms with Gasteiger partial charge in [-0.05, 0) is 91.8 Å². The third-order valence-electron chi connectivity index (χ3n) is 6.51. The summed E-state index contributed by atoms with van der Waals surface area (Å²) in [4.78, 5) is 44.1. The van der Waals surface area contributed by atoms with Crippen molar-refractivity contribution in [1.82, 2.24) is 4.57 Å². The minimum Gasteiger partial charge on any atom is -0.492 e. The number of methoxy groups -OCH3 is 2. The van der Waals surface area contributed by atoms with E-state index in [0.29, 0.717) is 56.8 Å². The molecule has 13 heteroatoms. The highest BCUT2D eigenvalue weighted by Gasteiger charge is 2.34. The molecule has 3 aromatic rings. The Morgan fingerprint density at radius 3 is 2.39 bits per heavy atom. The number of rotatable bonds is 12. The Balaban J connectivity index is 1.91. The van der Waals surface area contributed by atoms with Gasteiger partial charge in [-0.25, -0.2) is 14.6 Å². The molecule has 0 saturated carbocycles. The average Bonchev–Trinajstić information content (AvgIpc) is 3.29. The average molecular weight is 737 g/mol. The van der Waals surface area contributed by atoms with Crippen LogP contribution in [-0.2, 0) is 19.1 Å². The van der Waals surface area contributed by atoms with E-state index in [1.54, 1.807) is 45.2 Å². The van der Waals surface area contributed by atoms with Crippen LogP contribution in [0.2, 0.25) is 0 Å². The summed E-state index contributed by atoms with van der Waals surface area (Å²) in [7, 11) is 2.85. The molecular formula is C31H33IN2O9S. The molecule has 2 aromatic carbocycles. The molecule has 234 valence electrons. The van der Waals surface area contributed by atoms with Crippen molar-refractivity contribution in [2.24, 2.45) is 4.99 Å². The number of allylic oxidation sites excluding steroid dienone is 1. The molecular weight excluding hydrogens is 703 g/mol. The second-order valence-electron chi connectivity index (χ2n) is 9.27. The molecule has 4 rings (SSSR count). The number of esters is 2. The minimum absolute atomic E-state index is 0.148. The van der Waals surface area contributed by atoms with Crippen molar-refractivity contribution >= 4 is 51.9 Å². The van der Waals surface area contributed by atoms with Gasteiger partial charge in [0.1, 0.15) is 0 Å². The minimum atomic E-state index is -0.865. The van der Waals surface area contributed by atoms with Gasteiger partial charge in [-0.2, -0.15) is 0 Å². The van der Waals surface area contributed by atoms with E-state index in [1.807, 2.05) is 26.0 Å². The molecule has 0 fully saturated rings. The molecule has 0 aliphatic carbocycles. The van der Waals surface area contributed by atoms with E-state index >= 15 is 0 Å². The van der Waals surface area contributed by atoms with Gasteiger partial charge in [-0.3, -0.25) is 9.36 Å². The molecule has 0 saturated heterocycles. The summed E-state index contributed by atoms with van der Waals surface area (Å²) in [5, 5.41) is 0. The van der Waals surface area contributed by atoms with Crippen molar-refractivity contribution in [3.05, 3.63) is 76.0 Å². The van der Waals surface area contributed by atoms with Crippen molar-refractivity contribution in [3.63, 3.8) is 0 Å². The van der Waals surface area contributed by atoms with E-state index in [-0.39, 0.29) is 24.3 Å². The highest BCUT2D eigenvalue weighted by atomic mass is 127. The zero-order valence-corrected chi connectivity index (χ0v) is 28.2. The first-order valence-electron chi connectivity index (χ1n) is 13.8. The zero-order valence-electron chi connectivity index (χ0n) is 25.2. The summed E-state index contributed by atoms with van der Waals surface area (Å²) >= 11 is 3.38.